The molecule has 1 fully saturated rings. The molecule has 26 heavy (non-hydrogen) atoms. The number of rotatable bonds is 4. The third kappa shape index (κ3) is 3.37. The Balaban J connectivity index is 2.18. The number of hydrogen-bond donors (Lipinski definition) is 1. The lowest BCUT2D eigenvalue weighted by Gasteiger charge is -2.26. The maximum Gasteiger partial charge on any atom is 0.295 e. The fourth-order valence-corrected chi connectivity index (χ4v) is 3.33. The molecule has 0 radical (unpaired) electrons. The van der Waals surface area contributed by atoms with E-state index >= 15 is 0 Å². The van der Waals surface area contributed by atoms with Crippen LogP contribution in [-0.2, 0) is 9.59 Å². The Morgan fingerprint density at radius 3 is 2.27 bits per heavy atom. The van der Waals surface area contributed by atoms with Gasteiger partial charge in [0.05, 0.1) is 11.6 Å². The van der Waals surface area contributed by atoms with E-state index in [0.717, 1.165) is 5.56 Å². The van der Waals surface area contributed by atoms with Gasteiger partial charge in [0.25, 0.3) is 11.7 Å². The van der Waals surface area contributed by atoms with E-state index in [4.69, 9.17) is 11.6 Å². The molecule has 0 spiro atoms. The van der Waals surface area contributed by atoms with E-state index in [9.17, 15) is 14.7 Å². The molecule has 4 nitrogen and oxygen atoms in total. The van der Waals surface area contributed by atoms with Crippen LogP contribution in [0.15, 0.2) is 60.2 Å². The van der Waals surface area contributed by atoms with E-state index in [0.29, 0.717) is 17.1 Å². The topological polar surface area (TPSA) is 57.6 Å². The Bertz CT molecular complexity index is 857. The van der Waals surface area contributed by atoms with Crippen molar-refractivity contribution in [2.24, 2.45) is 5.92 Å². The van der Waals surface area contributed by atoms with Crippen molar-refractivity contribution in [1.29, 1.82) is 0 Å². The first kappa shape index (κ1) is 18.2. The molecule has 0 unspecified atom stereocenters. The highest BCUT2D eigenvalue weighted by molar-refractivity contribution is 6.46. The first-order valence-electron chi connectivity index (χ1n) is 8.49. The number of hydrogen-bond acceptors (Lipinski definition) is 3. The third-order valence-corrected chi connectivity index (χ3v) is 4.59. The van der Waals surface area contributed by atoms with Crippen molar-refractivity contribution in [3.05, 3.63) is 76.3 Å². The fraction of sp³-hybridized carbons (Fsp3) is 0.238. The molecule has 1 atom stereocenters. The zero-order valence-corrected chi connectivity index (χ0v) is 15.4. The molecule has 1 heterocycles. The van der Waals surface area contributed by atoms with E-state index in [1.54, 1.807) is 48.5 Å². The van der Waals surface area contributed by atoms with Crippen LogP contribution in [-0.4, -0.2) is 28.2 Å². The number of aliphatic hydroxyl groups is 1. The minimum atomic E-state index is -0.660. The Morgan fingerprint density at radius 2 is 1.69 bits per heavy atom. The standard InChI is InChI=1S/C21H20ClNO3/c1-13(2)12-23-18(14-8-10-16(22)11-9-14)17(20(25)21(23)26)19(24)15-6-4-3-5-7-15/h3-11,13,18,24H,12H2,1-2H3/t18-/m1/s1. The molecule has 0 saturated carbocycles. The molecule has 0 aromatic heterocycles. The van der Waals surface area contributed by atoms with Crippen LogP contribution < -0.4 is 0 Å². The van der Waals surface area contributed by atoms with Gasteiger partial charge in [-0.2, -0.15) is 0 Å². The molecule has 0 bridgehead atoms. The third-order valence-electron chi connectivity index (χ3n) is 4.33. The monoisotopic (exact) mass is 369 g/mol. The molecule has 1 N–H and O–H groups in total. The Labute approximate surface area is 157 Å². The lowest BCUT2D eigenvalue weighted by Crippen LogP contribution is -2.33. The summed E-state index contributed by atoms with van der Waals surface area (Å²) in [6.07, 6.45) is 0. The number of likely N-dealkylation sites (tertiary alicyclic amines) is 1. The number of ketones is 1. The van der Waals surface area contributed by atoms with Crippen LogP contribution in [0, 0.1) is 5.92 Å². The Kier molecular flexibility index (Phi) is 5.14. The Hall–Kier alpha value is -2.59. The van der Waals surface area contributed by atoms with Gasteiger partial charge in [-0.05, 0) is 23.6 Å². The molecular weight excluding hydrogens is 350 g/mol. The predicted molar refractivity (Wildman–Crippen MR) is 102 cm³/mol. The maximum absolute atomic E-state index is 12.7. The van der Waals surface area contributed by atoms with Crippen molar-refractivity contribution >= 4 is 29.1 Å². The lowest BCUT2D eigenvalue weighted by atomic mass is 9.95. The largest absolute Gasteiger partial charge is 0.507 e. The normalized spacial score (nSPS) is 19.4. The molecule has 1 aliphatic heterocycles. The van der Waals surface area contributed by atoms with E-state index in [1.807, 2.05) is 19.9 Å². The van der Waals surface area contributed by atoms with Crippen molar-refractivity contribution < 1.29 is 14.7 Å². The highest BCUT2D eigenvalue weighted by Gasteiger charge is 2.46. The number of amides is 1. The SMILES string of the molecule is CC(C)CN1C(=O)C(=O)C(=C(O)c2ccccc2)[C@H]1c1ccc(Cl)cc1. The molecule has 3 rings (SSSR count). The smallest absolute Gasteiger partial charge is 0.295 e. The second-order valence-corrected chi connectivity index (χ2v) is 7.20. The van der Waals surface area contributed by atoms with Crippen molar-refractivity contribution in [3.63, 3.8) is 0 Å². The van der Waals surface area contributed by atoms with E-state index in [2.05, 4.69) is 0 Å². The van der Waals surface area contributed by atoms with Gasteiger partial charge >= 0.3 is 0 Å². The van der Waals surface area contributed by atoms with Crippen molar-refractivity contribution in [1.82, 2.24) is 4.90 Å². The summed E-state index contributed by atoms with van der Waals surface area (Å²) >= 11 is 5.98. The number of carbonyl (C=O) groups is 2. The number of carbonyl (C=O) groups excluding carboxylic acids is 2. The zero-order valence-electron chi connectivity index (χ0n) is 14.6. The van der Waals surface area contributed by atoms with Gasteiger partial charge in [0, 0.05) is 17.1 Å². The molecular formula is C21H20ClNO3. The summed E-state index contributed by atoms with van der Waals surface area (Å²) in [7, 11) is 0. The summed E-state index contributed by atoms with van der Waals surface area (Å²) in [6, 6.07) is 15.2. The molecule has 0 aliphatic carbocycles. The Morgan fingerprint density at radius 1 is 1.08 bits per heavy atom. The van der Waals surface area contributed by atoms with Crippen LogP contribution in [0.5, 0.6) is 0 Å². The van der Waals surface area contributed by atoms with Crippen molar-refractivity contribution in [2.75, 3.05) is 6.54 Å². The summed E-state index contributed by atoms with van der Waals surface area (Å²) in [4.78, 5) is 26.9. The molecule has 134 valence electrons. The number of halogens is 1. The second-order valence-electron chi connectivity index (χ2n) is 6.76. The van der Waals surface area contributed by atoms with Crippen LogP contribution in [0.4, 0.5) is 0 Å². The van der Waals surface area contributed by atoms with Crippen LogP contribution in [0.1, 0.15) is 31.0 Å². The van der Waals surface area contributed by atoms with Crippen molar-refractivity contribution in [2.45, 2.75) is 19.9 Å². The first-order chi connectivity index (χ1) is 12.4. The highest BCUT2D eigenvalue weighted by atomic mass is 35.5. The quantitative estimate of drug-likeness (QED) is 0.493. The molecule has 2 aromatic carbocycles. The summed E-state index contributed by atoms with van der Waals surface area (Å²) in [5.74, 6) is -1.22. The number of aliphatic hydroxyl groups excluding tert-OH is 1. The minimum Gasteiger partial charge on any atom is -0.507 e. The molecule has 1 amide bonds. The van der Waals surface area contributed by atoms with Gasteiger partial charge in [0.2, 0.25) is 0 Å². The average molecular weight is 370 g/mol. The van der Waals surface area contributed by atoms with E-state index in [-0.39, 0.29) is 17.3 Å². The van der Waals surface area contributed by atoms with E-state index < -0.39 is 17.7 Å². The minimum absolute atomic E-state index is 0.115. The van der Waals surface area contributed by atoms with Crippen LogP contribution >= 0.6 is 11.6 Å². The maximum atomic E-state index is 12.7. The number of benzene rings is 2. The van der Waals surface area contributed by atoms with Gasteiger partial charge in [-0.25, -0.2) is 0 Å². The van der Waals surface area contributed by atoms with Gasteiger partial charge < -0.3 is 10.0 Å². The van der Waals surface area contributed by atoms with Gasteiger partial charge in [-0.15, -0.1) is 0 Å². The van der Waals surface area contributed by atoms with Crippen molar-refractivity contribution in [3.8, 4) is 0 Å². The van der Waals surface area contributed by atoms with E-state index in [1.165, 1.54) is 4.90 Å². The van der Waals surface area contributed by atoms with Crippen LogP contribution in [0.2, 0.25) is 5.02 Å². The summed E-state index contributed by atoms with van der Waals surface area (Å²) in [6.45, 7) is 4.38. The zero-order chi connectivity index (χ0) is 18.8. The lowest BCUT2D eigenvalue weighted by molar-refractivity contribution is -0.140. The predicted octanol–water partition coefficient (Wildman–Crippen LogP) is 4.42. The van der Waals surface area contributed by atoms with Crippen LogP contribution in [0.3, 0.4) is 0 Å². The fourth-order valence-electron chi connectivity index (χ4n) is 3.20. The number of nitrogens with zero attached hydrogens (tertiary/aromatic N) is 1. The average Bonchev–Trinajstić information content (AvgIpc) is 2.87. The highest BCUT2D eigenvalue weighted by Crippen LogP contribution is 2.39. The molecule has 1 aliphatic rings. The summed E-state index contributed by atoms with van der Waals surface area (Å²) in [5, 5.41) is 11.4. The molecule has 2 aromatic rings. The van der Waals surface area contributed by atoms with Crippen LogP contribution in [0.25, 0.3) is 5.76 Å². The first-order valence-corrected chi connectivity index (χ1v) is 8.87. The van der Waals surface area contributed by atoms with Gasteiger partial charge in [-0.1, -0.05) is 67.9 Å². The summed E-state index contributed by atoms with van der Waals surface area (Å²) in [5.41, 5.74) is 1.37. The van der Waals surface area contributed by atoms with Gasteiger partial charge in [0.1, 0.15) is 5.76 Å². The van der Waals surface area contributed by atoms with Gasteiger partial charge in [-0.3, -0.25) is 9.59 Å². The molecule has 5 heteroatoms. The summed E-state index contributed by atoms with van der Waals surface area (Å²) < 4.78 is 0. The second kappa shape index (κ2) is 7.34. The molecule has 1 saturated heterocycles. The van der Waals surface area contributed by atoms with Gasteiger partial charge in [0.15, 0.2) is 0 Å². The number of Topliss-reactive ketones (excluding diaryl/α,β-unsaturated/α-hetero) is 1.